The van der Waals surface area contributed by atoms with Crippen LogP contribution in [0.25, 0.3) is 11.0 Å². The van der Waals surface area contributed by atoms with E-state index in [-0.39, 0.29) is 0 Å². The molecule has 0 bridgehead atoms. The van der Waals surface area contributed by atoms with Crippen LogP contribution in [-0.2, 0) is 13.0 Å². The molecule has 0 amide bonds. The van der Waals surface area contributed by atoms with Crippen molar-refractivity contribution in [3.05, 3.63) is 29.6 Å². The summed E-state index contributed by atoms with van der Waals surface area (Å²) in [5.41, 5.74) is 2.84. The lowest BCUT2D eigenvalue weighted by Gasteiger charge is -1.97. The summed E-state index contributed by atoms with van der Waals surface area (Å²) in [7, 11) is 0. The number of hydrogen-bond acceptors (Lipinski definition) is 2. The predicted molar refractivity (Wildman–Crippen MR) is 52.8 cm³/mol. The zero-order valence-corrected chi connectivity index (χ0v) is 7.70. The fourth-order valence-electron chi connectivity index (χ4n) is 2.08. The molecule has 0 spiro atoms. The Balaban J connectivity index is 2.36. The van der Waals surface area contributed by atoms with Gasteiger partial charge in [-0.1, -0.05) is 0 Å². The zero-order chi connectivity index (χ0) is 9.54. The standard InChI is InChI=1S/C11H9N3/c12-7-8-3-4-9-10(6-8)14-5-1-2-11(14)13-9/h3-4,6H,1-2,5H2. The summed E-state index contributed by atoms with van der Waals surface area (Å²) in [6.45, 7) is 1.04. The van der Waals surface area contributed by atoms with Gasteiger partial charge in [0, 0.05) is 13.0 Å². The third-order valence-corrected chi connectivity index (χ3v) is 2.74. The maximum Gasteiger partial charge on any atom is 0.109 e. The van der Waals surface area contributed by atoms with Crippen LogP contribution in [0.15, 0.2) is 18.2 Å². The summed E-state index contributed by atoms with van der Waals surface area (Å²) < 4.78 is 2.22. The number of hydrogen-bond donors (Lipinski definition) is 0. The van der Waals surface area contributed by atoms with Crippen LogP contribution in [0.2, 0.25) is 0 Å². The van der Waals surface area contributed by atoms with Crippen LogP contribution in [0.5, 0.6) is 0 Å². The number of aryl methyl sites for hydroxylation is 2. The van der Waals surface area contributed by atoms with Crippen molar-refractivity contribution in [2.75, 3.05) is 0 Å². The Bertz CT molecular complexity index is 545. The van der Waals surface area contributed by atoms with E-state index in [2.05, 4.69) is 15.6 Å². The van der Waals surface area contributed by atoms with Crippen LogP contribution >= 0.6 is 0 Å². The normalized spacial score (nSPS) is 14.2. The Morgan fingerprint density at radius 2 is 2.36 bits per heavy atom. The third kappa shape index (κ3) is 0.882. The van der Waals surface area contributed by atoms with Crippen LogP contribution in [-0.4, -0.2) is 9.55 Å². The van der Waals surface area contributed by atoms with E-state index in [9.17, 15) is 0 Å². The lowest BCUT2D eigenvalue weighted by molar-refractivity contribution is 0.771. The fourth-order valence-corrected chi connectivity index (χ4v) is 2.08. The summed E-state index contributed by atoms with van der Waals surface area (Å²) in [6, 6.07) is 7.84. The highest BCUT2D eigenvalue weighted by Gasteiger charge is 2.15. The number of rotatable bonds is 0. The molecular formula is C11H9N3. The topological polar surface area (TPSA) is 41.6 Å². The molecule has 0 atom stereocenters. The van der Waals surface area contributed by atoms with E-state index in [1.54, 1.807) is 0 Å². The van der Waals surface area contributed by atoms with Gasteiger partial charge in [-0.05, 0) is 24.6 Å². The number of fused-ring (bicyclic) bond motifs is 3. The van der Waals surface area contributed by atoms with E-state index in [1.807, 2.05) is 18.2 Å². The van der Waals surface area contributed by atoms with E-state index in [4.69, 9.17) is 5.26 Å². The van der Waals surface area contributed by atoms with E-state index in [0.717, 1.165) is 29.8 Å². The highest BCUT2D eigenvalue weighted by Crippen LogP contribution is 2.23. The molecule has 3 heteroatoms. The van der Waals surface area contributed by atoms with Gasteiger partial charge in [0.25, 0.3) is 0 Å². The Labute approximate surface area is 81.6 Å². The quantitative estimate of drug-likeness (QED) is 0.625. The van der Waals surface area contributed by atoms with Crippen LogP contribution in [0.3, 0.4) is 0 Å². The van der Waals surface area contributed by atoms with E-state index < -0.39 is 0 Å². The molecule has 68 valence electrons. The first-order valence-corrected chi connectivity index (χ1v) is 4.78. The van der Waals surface area contributed by atoms with Gasteiger partial charge in [-0.25, -0.2) is 4.98 Å². The average molecular weight is 183 g/mol. The highest BCUT2D eigenvalue weighted by atomic mass is 15.1. The molecule has 1 aromatic heterocycles. The van der Waals surface area contributed by atoms with Crippen LogP contribution in [0.4, 0.5) is 0 Å². The summed E-state index contributed by atoms with van der Waals surface area (Å²) in [5, 5.41) is 8.80. The van der Waals surface area contributed by atoms with Gasteiger partial charge in [0.2, 0.25) is 0 Å². The van der Waals surface area contributed by atoms with Crippen LogP contribution in [0, 0.1) is 11.3 Å². The molecule has 1 aliphatic rings. The van der Waals surface area contributed by atoms with E-state index in [0.29, 0.717) is 5.56 Å². The molecule has 1 aliphatic heterocycles. The Hall–Kier alpha value is -1.82. The number of nitrogens with zero attached hydrogens (tertiary/aromatic N) is 3. The van der Waals surface area contributed by atoms with Crippen molar-refractivity contribution in [2.45, 2.75) is 19.4 Å². The van der Waals surface area contributed by atoms with Crippen molar-refractivity contribution in [3.8, 4) is 6.07 Å². The number of benzene rings is 1. The van der Waals surface area contributed by atoms with Crippen molar-refractivity contribution in [1.82, 2.24) is 9.55 Å². The minimum Gasteiger partial charge on any atom is -0.328 e. The second-order valence-electron chi connectivity index (χ2n) is 3.60. The Morgan fingerprint density at radius 3 is 3.21 bits per heavy atom. The average Bonchev–Trinajstić information content (AvgIpc) is 2.76. The second kappa shape index (κ2) is 2.58. The molecule has 2 heterocycles. The SMILES string of the molecule is N#Cc1ccc2nc3n(c2c1)CCC3. The molecule has 1 aromatic carbocycles. The molecule has 3 rings (SSSR count). The first-order chi connectivity index (χ1) is 6.88. The molecule has 3 nitrogen and oxygen atoms in total. The minimum atomic E-state index is 0.715. The number of nitriles is 1. The maximum absolute atomic E-state index is 8.80. The van der Waals surface area contributed by atoms with Crippen molar-refractivity contribution in [2.24, 2.45) is 0 Å². The molecule has 0 N–H and O–H groups in total. The Morgan fingerprint density at radius 1 is 1.43 bits per heavy atom. The Kier molecular flexibility index (Phi) is 1.40. The first-order valence-electron chi connectivity index (χ1n) is 4.78. The number of imidazole rings is 1. The van der Waals surface area contributed by atoms with Crippen molar-refractivity contribution in [1.29, 1.82) is 5.26 Å². The predicted octanol–water partition coefficient (Wildman–Crippen LogP) is 1.85. The van der Waals surface area contributed by atoms with E-state index in [1.165, 1.54) is 6.42 Å². The highest BCUT2D eigenvalue weighted by molar-refractivity contribution is 5.78. The summed E-state index contributed by atoms with van der Waals surface area (Å²) in [6.07, 6.45) is 2.24. The monoisotopic (exact) mass is 183 g/mol. The smallest absolute Gasteiger partial charge is 0.109 e. The van der Waals surface area contributed by atoms with Gasteiger partial charge in [0.05, 0.1) is 22.7 Å². The molecular weight excluding hydrogens is 174 g/mol. The van der Waals surface area contributed by atoms with Crippen molar-refractivity contribution < 1.29 is 0 Å². The van der Waals surface area contributed by atoms with Gasteiger partial charge in [-0.2, -0.15) is 5.26 Å². The van der Waals surface area contributed by atoms with Gasteiger partial charge >= 0.3 is 0 Å². The molecule has 0 aliphatic carbocycles. The van der Waals surface area contributed by atoms with Gasteiger partial charge in [0.15, 0.2) is 0 Å². The first kappa shape index (κ1) is 7.57. The van der Waals surface area contributed by atoms with Gasteiger partial charge in [-0.3, -0.25) is 0 Å². The molecule has 0 radical (unpaired) electrons. The molecule has 0 fully saturated rings. The largest absolute Gasteiger partial charge is 0.328 e. The molecule has 2 aromatic rings. The van der Waals surface area contributed by atoms with Crippen LogP contribution in [0.1, 0.15) is 17.8 Å². The molecule has 0 unspecified atom stereocenters. The van der Waals surface area contributed by atoms with Crippen molar-refractivity contribution in [3.63, 3.8) is 0 Å². The summed E-state index contributed by atoms with van der Waals surface area (Å²) in [4.78, 5) is 4.52. The molecule has 14 heavy (non-hydrogen) atoms. The van der Waals surface area contributed by atoms with Crippen molar-refractivity contribution >= 4 is 11.0 Å². The number of aromatic nitrogens is 2. The summed E-state index contributed by atoms with van der Waals surface area (Å²) >= 11 is 0. The zero-order valence-electron chi connectivity index (χ0n) is 7.70. The lowest BCUT2D eigenvalue weighted by atomic mass is 10.2. The molecule has 0 saturated carbocycles. The van der Waals surface area contributed by atoms with Crippen LogP contribution < -0.4 is 0 Å². The molecule has 0 saturated heterocycles. The van der Waals surface area contributed by atoms with Gasteiger partial charge < -0.3 is 4.57 Å². The second-order valence-corrected chi connectivity index (χ2v) is 3.60. The minimum absolute atomic E-state index is 0.715. The van der Waals surface area contributed by atoms with E-state index >= 15 is 0 Å². The third-order valence-electron chi connectivity index (χ3n) is 2.74. The van der Waals surface area contributed by atoms with Gasteiger partial charge in [-0.15, -0.1) is 0 Å². The maximum atomic E-state index is 8.80. The van der Waals surface area contributed by atoms with Gasteiger partial charge in [0.1, 0.15) is 5.82 Å². The lowest BCUT2D eigenvalue weighted by Crippen LogP contribution is -1.91. The summed E-state index contributed by atoms with van der Waals surface area (Å²) in [5.74, 6) is 1.16. The fraction of sp³-hybridized carbons (Fsp3) is 0.273.